The zero-order valence-electron chi connectivity index (χ0n) is 7.87. The van der Waals surface area contributed by atoms with Crippen LogP contribution in [-0.2, 0) is 4.74 Å². The van der Waals surface area contributed by atoms with Crippen LogP contribution in [0.5, 0.6) is 0 Å². The quantitative estimate of drug-likeness (QED) is 0.718. The average Bonchev–Trinajstić information content (AvgIpc) is 2.42. The summed E-state index contributed by atoms with van der Waals surface area (Å²) in [6, 6.07) is 1.92. The molecule has 0 aliphatic rings. The van der Waals surface area contributed by atoms with Crippen molar-refractivity contribution in [3.05, 3.63) is 22.5 Å². The lowest BCUT2D eigenvalue weighted by Gasteiger charge is -2.03. The Morgan fingerprint density at radius 3 is 2.86 bits per heavy atom. The average molecular weight is 213 g/mol. The molecular formula is C9H9ClN2O2. The van der Waals surface area contributed by atoms with Crippen molar-refractivity contribution in [1.29, 1.82) is 5.26 Å². The van der Waals surface area contributed by atoms with Crippen LogP contribution in [0.25, 0.3) is 0 Å². The summed E-state index contributed by atoms with van der Waals surface area (Å²) in [4.78, 5) is 11.3. The molecule has 4 nitrogen and oxygen atoms in total. The van der Waals surface area contributed by atoms with Gasteiger partial charge in [0.2, 0.25) is 0 Å². The molecule has 0 bridgehead atoms. The van der Waals surface area contributed by atoms with E-state index in [2.05, 4.69) is 0 Å². The fraction of sp³-hybridized carbons (Fsp3) is 0.333. The molecule has 1 aromatic heterocycles. The zero-order valence-corrected chi connectivity index (χ0v) is 8.63. The Balaban J connectivity index is 3.13. The van der Waals surface area contributed by atoms with Gasteiger partial charge >= 0.3 is 6.09 Å². The summed E-state index contributed by atoms with van der Waals surface area (Å²) in [7, 11) is 0. The smallest absolute Gasteiger partial charge is 0.418 e. The molecule has 5 heteroatoms. The third kappa shape index (κ3) is 1.73. The van der Waals surface area contributed by atoms with Gasteiger partial charge in [-0.25, -0.2) is 4.79 Å². The van der Waals surface area contributed by atoms with Crippen molar-refractivity contribution >= 4 is 17.7 Å². The number of rotatable bonds is 1. The van der Waals surface area contributed by atoms with E-state index in [1.54, 1.807) is 13.8 Å². The first kappa shape index (κ1) is 10.6. The highest BCUT2D eigenvalue weighted by Gasteiger charge is 2.15. The SMILES string of the molecule is CCOC(=O)n1cc(Cl)c(C#N)c1C. The minimum Gasteiger partial charge on any atom is -0.449 e. The van der Waals surface area contributed by atoms with Gasteiger partial charge < -0.3 is 4.74 Å². The number of carbonyl (C=O) groups excluding carboxylic acids is 1. The van der Waals surface area contributed by atoms with Gasteiger partial charge in [0.15, 0.2) is 0 Å². The normalized spacial score (nSPS) is 9.57. The van der Waals surface area contributed by atoms with Crippen LogP contribution in [0.3, 0.4) is 0 Å². The Kier molecular flexibility index (Phi) is 3.15. The Morgan fingerprint density at radius 2 is 2.43 bits per heavy atom. The summed E-state index contributed by atoms with van der Waals surface area (Å²) in [6.07, 6.45) is 0.862. The Bertz CT molecular complexity index is 404. The van der Waals surface area contributed by atoms with Gasteiger partial charge in [-0.2, -0.15) is 5.26 Å². The summed E-state index contributed by atoms with van der Waals surface area (Å²) in [5.41, 5.74) is 0.802. The maximum absolute atomic E-state index is 11.3. The van der Waals surface area contributed by atoms with Crippen LogP contribution in [0.4, 0.5) is 4.79 Å². The summed E-state index contributed by atoms with van der Waals surface area (Å²) >= 11 is 5.74. The van der Waals surface area contributed by atoms with Crippen molar-refractivity contribution in [1.82, 2.24) is 4.57 Å². The van der Waals surface area contributed by atoms with E-state index in [9.17, 15) is 4.79 Å². The molecule has 0 unspecified atom stereocenters. The maximum Gasteiger partial charge on any atom is 0.418 e. The van der Waals surface area contributed by atoms with E-state index in [0.717, 1.165) is 0 Å². The van der Waals surface area contributed by atoms with Crippen LogP contribution in [0.2, 0.25) is 5.02 Å². The van der Waals surface area contributed by atoms with E-state index >= 15 is 0 Å². The van der Waals surface area contributed by atoms with Gasteiger partial charge in [0, 0.05) is 11.9 Å². The largest absolute Gasteiger partial charge is 0.449 e. The van der Waals surface area contributed by atoms with E-state index in [4.69, 9.17) is 21.6 Å². The molecular weight excluding hydrogens is 204 g/mol. The monoisotopic (exact) mass is 212 g/mol. The standard InChI is InChI=1S/C9H9ClN2O2/c1-3-14-9(13)12-5-8(10)7(4-11)6(12)2/h5H,3H2,1-2H3. The third-order valence-corrected chi connectivity index (χ3v) is 2.07. The second-order valence-corrected chi connectivity index (χ2v) is 3.03. The molecule has 0 saturated heterocycles. The molecule has 0 aliphatic heterocycles. The van der Waals surface area contributed by atoms with Crippen molar-refractivity contribution in [2.24, 2.45) is 0 Å². The third-order valence-electron chi connectivity index (χ3n) is 1.78. The number of nitrogens with zero attached hydrogens (tertiary/aromatic N) is 2. The first-order valence-corrected chi connectivity index (χ1v) is 4.44. The van der Waals surface area contributed by atoms with Crippen molar-refractivity contribution in [3.63, 3.8) is 0 Å². The first-order chi connectivity index (χ1) is 6.61. The Labute approximate surface area is 86.6 Å². The van der Waals surface area contributed by atoms with Crippen molar-refractivity contribution in [2.45, 2.75) is 13.8 Å². The lowest BCUT2D eigenvalue weighted by Crippen LogP contribution is -2.13. The number of hydrogen-bond donors (Lipinski definition) is 0. The molecule has 1 aromatic rings. The molecule has 14 heavy (non-hydrogen) atoms. The molecule has 1 rings (SSSR count). The molecule has 0 atom stereocenters. The highest BCUT2D eigenvalue weighted by atomic mass is 35.5. The van der Waals surface area contributed by atoms with E-state index in [1.807, 2.05) is 6.07 Å². The fourth-order valence-electron chi connectivity index (χ4n) is 1.08. The number of aromatic nitrogens is 1. The van der Waals surface area contributed by atoms with Gasteiger partial charge in [-0.05, 0) is 13.8 Å². The Morgan fingerprint density at radius 1 is 1.79 bits per heavy atom. The molecule has 0 amide bonds. The van der Waals surface area contributed by atoms with Gasteiger partial charge in [-0.15, -0.1) is 0 Å². The number of ether oxygens (including phenoxy) is 1. The minimum atomic E-state index is -0.520. The lowest BCUT2D eigenvalue weighted by molar-refractivity contribution is 0.153. The molecule has 0 N–H and O–H groups in total. The van der Waals surface area contributed by atoms with Crippen LogP contribution in [0.1, 0.15) is 18.2 Å². The summed E-state index contributed by atoms with van der Waals surface area (Å²) < 4.78 is 6.00. The van der Waals surface area contributed by atoms with Gasteiger partial charge in [0.05, 0.1) is 17.2 Å². The highest BCUT2D eigenvalue weighted by Crippen LogP contribution is 2.21. The summed E-state index contributed by atoms with van der Waals surface area (Å²) in [5.74, 6) is 0. The Hall–Kier alpha value is -1.47. The van der Waals surface area contributed by atoms with E-state index in [-0.39, 0.29) is 11.6 Å². The van der Waals surface area contributed by atoms with Gasteiger partial charge in [-0.3, -0.25) is 4.57 Å². The van der Waals surface area contributed by atoms with E-state index in [0.29, 0.717) is 11.3 Å². The van der Waals surface area contributed by atoms with Gasteiger partial charge in [0.1, 0.15) is 6.07 Å². The molecule has 0 aliphatic carbocycles. The molecule has 0 fully saturated rings. The van der Waals surface area contributed by atoms with Crippen LogP contribution >= 0.6 is 11.6 Å². The van der Waals surface area contributed by atoms with Crippen molar-refractivity contribution < 1.29 is 9.53 Å². The van der Waals surface area contributed by atoms with Crippen molar-refractivity contribution in [2.75, 3.05) is 6.61 Å². The second kappa shape index (κ2) is 4.16. The topological polar surface area (TPSA) is 55.0 Å². The fourth-order valence-corrected chi connectivity index (χ4v) is 1.36. The van der Waals surface area contributed by atoms with Crippen LogP contribution in [0.15, 0.2) is 6.20 Å². The second-order valence-electron chi connectivity index (χ2n) is 2.62. The summed E-state index contributed by atoms with van der Waals surface area (Å²) in [5, 5.41) is 8.99. The van der Waals surface area contributed by atoms with E-state index < -0.39 is 6.09 Å². The number of carbonyl (C=O) groups is 1. The van der Waals surface area contributed by atoms with Crippen LogP contribution in [-0.4, -0.2) is 17.3 Å². The predicted molar refractivity (Wildman–Crippen MR) is 51.3 cm³/mol. The first-order valence-electron chi connectivity index (χ1n) is 4.06. The lowest BCUT2D eigenvalue weighted by atomic mass is 10.3. The highest BCUT2D eigenvalue weighted by molar-refractivity contribution is 6.32. The van der Waals surface area contributed by atoms with Crippen molar-refractivity contribution in [3.8, 4) is 6.07 Å². The number of halogens is 1. The van der Waals surface area contributed by atoms with Gasteiger partial charge in [-0.1, -0.05) is 11.6 Å². The number of hydrogen-bond acceptors (Lipinski definition) is 3. The van der Waals surface area contributed by atoms with Crippen LogP contribution < -0.4 is 0 Å². The molecule has 0 radical (unpaired) electrons. The van der Waals surface area contributed by atoms with Crippen LogP contribution in [0, 0.1) is 18.3 Å². The number of nitriles is 1. The zero-order chi connectivity index (χ0) is 10.7. The maximum atomic E-state index is 11.3. The predicted octanol–water partition coefficient (Wildman–Crippen LogP) is 2.33. The summed E-state index contributed by atoms with van der Waals surface area (Å²) in [6.45, 7) is 3.64. The van der Waals surface area contributed by atoms with E-state index in [1.165, 1.54) is 10.8 Å². The van der Waals surface area contributed by atoms with Gasteiger partial charge in [0.25, 0.3) is 0 Å². The molecule has 0 saturated carbocycles. The minimum absolute atomic E-state index is 0.262. The molecule has 0 aromatic carbocycles. The molecule has 0 spiro atoms. The molecule has 74 valence electrons. The molecule has 1 heterocycles.